The van der Waals surface area contributed by atoms with E-state index in [0.717, 1.165) is 16.2 Å². The van der Waals surface area contributed by atoms with Crippen LogP contribution in [0.25, 0.3) is 0 Å². The van der Waals surface area contributed by atoms with Crippen LogP contribution < -0.4 is 5.32 Å². The number of hydrogen-bond acceptors (Lipinski definition) is 4. The summed E-state index contributed by atoms with van der Waals surface area (Å²) in [5.41, 5.74) is 1.04. The van der Waals surface area contributed by atoms with E-state index in [1.54, 1.807) is 11.8 Å². The summed E-state index contributed by atoms with van der Waals surface area (Å²) in [6, 6.07) is 7.85. The number of ether oxygens (including phenoxy) is 1. The topological polar surface area (TPSA) is 75.6 Å². The molecule has 1 heterocycles. The molecule has 20 heavy (non-hydrogen) atoms. The van der Waals surface area contributed by atoms with Crippen LogP contribution in [-0.4, -0.2) is 42.5 Å². The fourth-order valence-electron chi connectivity index (χ4n) is 2.15. The quantitative estimate of drug-likeness (QED) is 0.831. The fourth-order valence-corrected chi connectivity index (χ4v) is 3.38. The first-order valence-electron chi connectivity index (χ1n) is 6.36. The SMILES string of the molecule is COC(CNC(=O)C1CSc2ccccc21)CC(=O)O. The predicted molar refractivity (Wildman–Crippen MR) is 76.0 cm³/mol. The molecule has 108 valence electrons. The van der Waals surface area contributed by atoms with Crippen LogP contribution >= 0.6 is 11.8 Å². The number of thioether (sulfide) groups is 1. The molecule has 1 aliphatic heterocycles. The van der Waals surface area contributed by atoms with Crippen LogP contribution in [-0.2, 0) is 14.3 Å². The first kappa shape index (κ1) is 14.9. The third-order valence-corrected chi connectivity index (χ3v) is 4.44. The number of carbonyl (C=O) groups excluding carboxylic acids is 1. The Morgan fingerprint density at radius 3 is 2.95 bits per heavy atom. The zero-order valence-corrected chi connectivity index (χ0v) is 12.0. The molecular weight excluding hydrogens is 278 g/mol. The predicted octanol–water partition coefficient (Wildman–Crippen LogP) is 1.48. The molecule has 6 heteroatoms. The van der Waals surface area contributed by atoms with Crippen molar-refractivity contribution in [3.05, 3.63) is 29.8 Å². The van der Waals surface area contributed by atoms with Crippen molar-refractivity contribution >= 4 is 23.6 Å². The summed E-state index contributed by atoms with van der Waals surface area (Å²) in [5, 5.41) is 11.5. The molecule has 0 spiro atoms. The molecule has 1 amide bonds. The molecule has 1 aromatic carbocycles. The molecule has 0 radical (unpaired) electrons. The molecule has 0 saturated heterocycles. The van der Waals surface area contributed by atoms with E-state index in [-0.39, 0.29) is 24.8 Å². The van der Waals surface area contributed by atoms with Gasteiger partial charge in [0.05, 0.1) is 18.4 Å². The monoisotopic (exact) mass is 295 g/mol. The number of rotatable bonds is 6. The van der Waals surface area contributed by atoms with E-state index in [1.165, 1.54) is 7.11 Å². The van der Waals surface area contributed by atoms with Gasteiger partial charge in [0, 0.05) is 24.3 Å². The Bertz CT molecular complexity index is 506. The van der Waals surface area contributed by atoms with E-state index < -0.39 is 12.1 Å². The van der Waals surface area contributed by atoms with Gasteiger partial charge >= 0.3 is 5.97 Å². The summed E-state index contributed by atoms with van der Waals surface area (Å²) >= 11 is 1.67. The lowest BCUT2D eigenvalue weighted by Gasteiger charge is -2.16. The van der Waals surface area contributed by atoms with Crippen LogP contribution in [0, 0.1) is 0 Å². The zero-order valence-electron chi connectivity index (χ0n) is 11.2. The van der Waals surface area contributed by atoms with Crippen molar-refractivity contribution in [1.82, 2.24) is 5.32 Å². The van der Waals surface area contributed by atoms with Gasteiger partial charge < -0.3 is 15.2 Å². The number of benzene rings is 1. The van der Waals surface area contributed by atoms with Gasteiger partial charge in [-0.1, -0.05) is 18.2 Å². The van der Waals surface area contributed by atoms with E-state index in [4.69, 9.17) is 9.84 Å². The Kier molecular flexibility index (Phi) is 5.03. The Labute approximate surface area is 121 Å². The molecule has 1 aromatic rings. The maximum Gasteiger partial charge on any atom is 0.306 e. The lowest BCUT2D eigenvalue weighted by atomic mass is 10.0. The number of aliphatic carboxylic acids is 1. The third kappa shape index (κ3) is 3.52. The molecule has 0 aliphatic carbocycles. The van der Waals surface area contributed by atoms with Crippen LogP contribution in [0.3, 0.4) is 0 Å². The molecule has 0 fully saturated rings. The molecule has 0 saturated carbocycles. The van der Waals surface area contributed by atoms with Crippen molar-refractivity contribution in [3.8, 4) is 0 Å². The first-order chi connectivity index (χ1) is 9.61. The molecular formula is C14H17NO4S. The average Bonchev–Trinajstić information content (AvgIpc) is 2.86. The van der Waals surface area contributed by atoms with Gasteiger partial charge in [0.1, 0.15) is 0 Å². The third-order valence-electron chi connectivity index (χ3n) is 3.26. The molecule has 0 bridgehead atoms. The van der Waals surface area contributed by atoms with E-state index in [0.29, 0.717) is 0 Å². The summed E-state index contributed by atoms with van der Waals surface area (Å²) in [6.07, 6.45) is -0.618. The fraction of sp³-hybridized carbons (Fsp3) is 0.429. The number of fused-ring (bicyclic) bond motifs is 1. The van der Waals surface area contributed by atoms with Gasteiger partial charge in [-0.2, -0.15) is 0 Å². The molecule has 0 aromatic heterocycles. The van der Waals surface area contributed by atoms with Crippen LogP contribution in [0.4, 0.5) is 0 Å². The van der Waals surface area contributed by atoms with Gasteiger partial charge in [0.15, 0.2) is 0 Å². The lowest BCUT2D eigenvalue weighted by molar-refractivity contribution is -0.140. The van der Waals surface area contributed by atoms with Crippen molar-refractivity contribution in [3.63, 3.8) is 0 Å². The van der Waals surface area contributed by atoms with Gasteiger partial charge in [0.2, 0.25) is 5.91 Å². The second-order valence-electron chi connectivity index (χ2n) is 4.60. The standard InChI is InChI=1S/C14H17NO4S/c1-19-9(6-13(16)17)7-15-14(18)11-8-20-12-5-3-2-4-10(11)12/h2-5,9,11H,6-8H2,1H3,(H,15,18)(H,16,17). The Hall–Kier alpha value is -1.53. The Morgan fingerprint density at radius 2 is 2.25 bits per heavy atom. The minimum absolute atomic E-state index is 0.0742. The van der Waals surface area contributed by atoms with Gasteiger partial charge in [-0.3, -0.25) is 9.59 Å². The summed E-state index contributed by atoms with van der Waals surface area (Å²) in [7, 11) is 1.44. The Balaban J connectivity index is 1.91. The number of carboxylic acids is 1. The van der Waals surface area contributed by atoms with Gasteiger partial charge in [-0.05, 0) is 11.6 Å². The van der Waals surface area contributed by atoms with E-state index in [2.05, 4.69) is 5.32 Å². The zero-order chi connectivity index (χ0) is 14.5. The highest BCUT2D eigenvalue weighted by Gasteiger charge is 2.29. The highest BCUT2D eigenvalue weighted by atomic mass is 32.2. The summed E-state index contributed by atoms with van der Waals surface area (Å²) in [5.74, 6) is -0.455. The number of nitrogens with one attached hydrogen (secondary N) is 1. The second-order valence-corrected chi connectivity index (χ2v) is 5.66. The normalized spacial score (nSPS) is 18.4. The van der Waals surface area contributed by atoms with E-state index in [9.17, 15) is 9.59 Å². The van der Waals surface area contributed by atoms with Gasteiger partial charge in [0.25, 0.3) is 0 Å². The van der Waals surface area contributed by atoms with Crippen molar-refractivity contribution in [2.75, 3.05) is 19.4 Å². The number of methoxy groups -OCH3 is 1. The largest absolute Gasteiger partial charge is 0.481 e. The van der Waals surface area contributed by atoms with Crippen LogP contribution in [0.5, 0.6) is 0 Å². The molecule has 2 N–H and O–H groups in total. The molecule has 2 unspecified atom stereocenters. The van der Waals surface area contributed by atoms with Gasteiger partial charge in [-0.25, -0.2) is 0 Å². The Morgan fingerprint density at radius 1 is 1.50 bits per heavy atom. The highest BCUT2D eigenvalue weighted by Crippen LogP contribution is 2.39. The second kappa shape index (κ2) is 6.76. The van der Waals surface area contributed by atoms with Crippen LogP contribution in [0.2, 0.25) is 0 Å². The van der Waals surface area contributed by atoms with Crippen molar-refractivity contribution in [2.45, 2.75) is 23.3 Å². The first-order valence-corrected chi connectivity index (χ1v) is 7.34. The smallest absolute Gasteiger partial charge is 0.306 e. The van der Waals surface area contributed by atoms with Crippen LogP contribution in [0.15, 0.2) is 29.2 Å². The molecule has 2 atom stereocenters. The van der Waals surface area contributed by atoms with Crippen LogP contribution in [0.1, 0.15) is 17.9 Å². The molecule has 5 nitrogen and oxygen atoms in total. The van der Waals surface area contributed by atoms with E-state index in [1.807, 2.05) is 24.3 Å². The highest BCUT2D eigenvalue weighted by molar-refractivity contribution is 7.99. The minimum atomic E-state index is -0.937. The maximum absolute atomic E-state index is 12.2. The average molecular weight is 295 g/mol. The number of carbonyl (C=O) groups is 2. The number of carboxylic acid groups (broad SMARTS) is 1. The van der Waals surface area contributed by atoms with Crippen molar-refractivity contribution in [2.24, 2.45) is 0 Å². The maximum atomic E-state index is 12.2. The summed E-state index contributed by atoms with van der Waals surface area (Å²) in [6.45, 7) is 0.213. The number of amides is 1. The lowest BCUT2D eigenvalue weighted by Crippen LogP contribution is -2.37. The summed E-state index contributed by atoms with van der Waals surface area (Å²) < 4.78 is 5.04. The molecule has 2 rings (SSSR count). The minimum Gasteiger partial charge on any atom is -0.481 e. The summed E-state index contributed by atoms with van der Waals surface area (Å²) in [4.78, 5) is 24.0. The van der Waals surface area contributed by atoms with Gasteiger partial charge in [-0.15, -0.1) is 11.8 Å². The van der Waals surface area contributed by atoms with Crippen molar-refractivity contribution in [1.29, 1.82) is 0 Å². The van der Waals surface area contributed by atoms with Crippen molar-refractivity contribution < 1.29 is 19.4 Å². The number of hydrogen-bond donors (Lipinski definition) is 2. The van der Waals surface area contributed by atoms with E-state index >= 15 is 0 Å². The molecule has 1 aliphatic rings.